The Hall–Kier alpha value is -2.64. The Morgan fingerprint density at radius 2 is 1.78 bits per heavy atom. The number of nitrogens with one attached hydrogen (secondary N) is 3. The number of aromatic amines is 1. The van der Waals surface area contributed by atoms with Crippen molar-refractivity contribution in [2.75, 3.05) is 13.1 Å². The van der Waals surface area contributed by atoms with Crippen molar-refractivity contribution in [3.05, 3.63) is 65.9 Å². The van der Waals surface area contributed by atoms with Crippen LogP contribution in [0.4, 0.5) is 0 Å². The van der Waals surface area contributed by atoms with Gasteiger partial charge in [0.2, 0.25) is 15.9 Å². The Bertz CT molecular complexity index is 1020. The second-order valence-corrected chi connectivity index (χ2v) is 8.19. The molecule has 1 heterocycles. The molecule has 3 N–H and O–H groups in total. The number of carbonyl (C=O) groups excluding carboxylic acids is 1. The van der Waals surface area contributed by atoms with Gasteiger partial charge in [0, 0.05) is 36.6 Å². The number of carbonyl (C=O) groups is 1. The summed E-state index contributed by atoms with van der Waals surface area (Å²) < 4.78 is 26.8. The smallest absolute Gasteiger partial charge is 0.240 e. The molecule has 0 radical (unpaired) electrons. The summed E-state index contributed by atoms with van der Waals surface area (Å²) in [6.45, 7) is 2.29. The number of H-pyrrole nitrogens is 1. The number of aryl methyl sites for hydroxylation is 2. The van der Waals surface area contributed by atoms with Crippen LogP contribution < -0.4 is 10.0 Å². The topological polar surface area (TPSA) is 91.1 Å². The summed E-state index contributed by atoms with van der Waals surface area (Å²) in [7, 11) is -3.55. The summed E-state index contributed by atoms with van der Waals surface area (Å²) in [5, 5.41) is 3.87. The normalized spacial score (nSPS) is 11.6. The average Bonchev–Trinajstić information content (AvgIpc) is 3.07. The molecule has 27 heavy (non-hydrogen) atoms. The van der Waals surface area contributed by atoms with Gasteiger partial charge in [-0.15, -0.1) is 0 Å². The van der Waals surface area contributed by atoms with E-state index in [-0.39, 0.29) is 23.9 Å². The molecule has 0 aliphatic carbocycles. The lowest BCUT2D eigenvalue weighted by molar-refractivity contribution is -0.121. The highest BCUT2D eigenvalue weighted by Crippen LogP contribution is 2.18. The monoisotopic (exact) mass is 385 g/mol. The second-order valence-electron chi connectivity index (χ2n) is 6.42. The van der Waals surface area contributed by atoms with E-state index in [1.54, 1.807) is 24.3 Å². The van der Waals surface area contributed by atoms with Gasteiger partial charge in [0.1, 0.15) is 0 Å². The SMILES string of the molecule is Cc1ccc(S(=O)(=O)NCCNC(=O)CCc2c[nH]c3ccccc23)cc1. The molecular formula is C20H23N3O3S. The third-order valence-corrected chi connectivity index (χ3v) is 5.84. The van der Waals surface area contributed by atoms with Gasteiger partial charge in [-0.05, 0) is 37.1 Å². The lowest BCUT2D eigenvalue weighted by Gasteiger charge is -2.08. The number of para-hydroxylation sites is 1. The van der Waals surface area contributed by atoms with E-state index in [1.807, 2.05) is 37.4 Å². The number of aromatic nitrogens is 1. The van der Waals surface area contributed by atoms with E-state index < -0.39 is 10.0 Å². The number of benzene rings is 2. The molecule has 0 fully saturated rings. The number of hydrogen-bond acceptors (Lipinski definition) is 3. The minimum atomic E-state index is -3.55. The van der Waals surface area contributed by atoms with Crippen molar-refractivity contribution >= 4 is 26.8 Å². The number of sulfonamides is 1. The van der Waals surface area contributed by atoms with Crippen LogP contribution in [0.3, 0.4) is 0 Å². The van der Waals surface area contributed by atoms with Gasteiger partial charge in [0.15, 0.2) is 0 Å². The van der Waals surface area contributed by atoms with Gasteiger partial charge in [-0.2, -0.15) is 0 Å². The highest BCUT2D eigenvalue weighted by Gasteiger charge is 2.13. The predicted octanol–water partition coefficient (Wildman–Crippen LogP) is 2.50. The zero-order chi connectivity index (χ0) is 19.3. The van der Waals surface area contributed by atoms with E-state index in [2.05, 4.69) is 15.0 Å². The Balaban J connectivity index is 1.42. The standard InChI is InChI=1S/C20H23N3O3S/c1-15-6-9-17(10-7-15)27(25,26)23-13-12-21-20(24)11-8-16-14-22-19-5-3-2-4-18(16)19/h2-7,9-10,14,22-23H,8,11-13H2,1H3,(H,21,24). The molecule has 0 unspecified atom stereocenters. The fraction of sp³-hybridized carbons (Fsp3) is 0.250. The molecular weight excluding hydrogens is 362 g/mol. The molecule has 3 rings (SSSR count). The zero-order valence-corrected chi connectivity index (χ0v) is 16.0. The van der Waals surface area contributed by atoms with Crippen molar-refractivity contribution in [2.24, 2.45) is 0 Å². The molecule has 142 valence electrons. The van der Waals surface area contributed by atoms with Gasteiger partial charge < -0.3 is 10.3 Å². The average molecular weight is 385 g/mol. The number of amides is 1. The first-order chi connectivity index (χ1) is 13.0. The number of hydrogen-bond donors (Lipinski definition) is 3. The van der Waals surface area contributed by atoms with Crippen molar-refractivity contribution in [1.29, 1.82) is 0 Å². The molecule has 1 amide bonds. The molecule has 3 aromatic rings. The van der Waals surface area contributed by atoms with E-state index in [1.165, 1.54) is 0 Å². The summed E-state index contributed by atoms with van der Waals surface area (Å²) in [6, 6.07) is 14.6. The van der Waals surface area contributed by atoms with Crippen molar-refractivity contribution < 1.29 is 13.2 Å². The van der Waals surface area contributed by atoms with Gasteiger partial charge in [0.05, 0.1) is 4.90 Å². The van der Waals surface area contributed by atoms with Gasteiger partial charge in [-0.3, -0.25) is 4.79 Å². The quantitative estimate of drug-likeness (QED) is 0.520. The molecule has 7 heteroatoms. The number of rotatable bonds is 8. The minimum absolute atomic E-state index is 0.102. The van der Waals surface area contributed by atoms with E-state index >= 15 is 0 Å². The molecule has 1 aromatic heterocycles. The summed E-state index contributed by atoms with van der Waals surface area (Å²) >= 11 is 0. The summed E-state index contributed by atoms with van der Waals surface area (Å²) in [6.07, 6.45) is 2.91. The van der Waals surface area contributed by atoms with Crippen LogP contribution in [-0.4, -0.2) is 32.4 Å². The first-order valence-corrected chi connectivity index (χ1v) is 10.3. The van der Waals surface area contributed by atoms with Crippen LogP contribution in [0, 0.1) is 6.92 Å². The Kier molecular flexibility index (Phi) is 5.93. The maximum atomic E-state index is 12.2. The van der Waals surface area contributed by atoms with Gasteiger partial charge in [0.25, 0.3) is 0 Å². The Morgan fingerprint density at radius 3 is 2.56 bits per heavy atom. The third-order valence-electron chi connectivity index (χ3n) is 4.37. The van der Waals surface area contributed by atoms with Gasteiger partial charge in [-0.25, -0.2) is 13.1 Å². The predicted molar refractivity (Wildman–Crippen MR) is 106 cm³/mol. The number of fused-ring (bicyclic) bond motifs is 1. The fourth-order valence-corrected chi connectivity index (χ4v) is 3.89. The molecule has 0 spiro atoms. The van der Waals surface area contributed by atoms with Crippen molar-refractivity contribution in [1.82, 2.24) is 15.0 Å². The highest BCUT2D eigenvalue weighted by molar-refractivity contribution is 7.89. The first kappa shape index (κ1) is 19.1. The largest absolute Gasteiger partial charge is 0.361 e. The molecule has 2 aromatic carbocycles. The molecule has 0 saturated carbocycles. The van der Waals surface area contributed by atoms with Gasteiger partial charge in [-0.1, -0.05) is 35.9 Å². The van der Waals surface area contributed by atoms with Crippen LogP contribution in [0.25, 0.3) is 10.9 Å². The maximum absolute atomic E-state index is 12.2. The molecule has 0 atom stereocenters. The van der Waals surface area contributed by atoms with E-state index in [0.29, 0.717) is 12.8 Å². The minimum Gasteiger partial charge on any atom is -0.361 e. The van der Waals surface area contributed by atoms with Crippen molar-refractivity contribution in [3.63, 3.8) is 0 Å². The summed E-state index contributed by atoms with van der Waals surface area (Å²) in [5.41, 5.74) is 3.15. The molecule has 0 aliphatic rings. The summed E-state index contributed by atoms with van der Waals surface area (Å²) in [5.74, 6) is -0.102. The lowest BCUT2D eigenvalue weighted by atomic mass is 10.1. The summed E-state index contributed by atoms with van der Waals surface area (Å²) in [4.78, 5) is 15.4. The maximum Gasteiger partial charge on any atom is 0.240 e. The van der Waals surface area contributed by atoms with Crippen LogP contribution in [0.15, 0.2) is 59.6 Å². The highest BCUT2D eigenvalue weighted by atomic mass is 32.2. The van der Waals surface area contributed by atoms with Crippen LogP contribution in [0.5, 0.6) is 0 Å². The lowest BCUT2D eigenvalue weighted by Crippen LogP contribution is -2.34. The third kappa shape index (κ3) is 4.96. The molecule has 0 aliphatic heterocycles. The van der Waals surface area contributed by atoms with Crippen molar-refractivity contribution in [3.8, 4) is 0 Å². The van der Waals surface area contributed by atoms with E-state index in [4.69, 9.17) is 0 Å². The van der Waals surface area contributed by atoms with E-state index in [9.17, 15) is 13.2 Å². The molecule has 0 bridgehead atoms. The molecule has 6 nitrogen and oxygen atoms in total. The van der Waals surface area contributed by atoms with Crippen LogP contribution in [0.2, 0.25) is 0 Å². The van der Waals surface area contributed by atoms with Crippen LogP contribution in [-0.2, 0) is 21.2 Å². The van der Waals surface area contributed by atoms with Crippen LogP contribution in [0.1, 0.15) is 17.5 Å². The Labute approximate surface area is 159 Å². The van der Waals surface area contributed by atoms with Gasteiger partial charge >= 0.3 is 0 Å². The second kappa shape index (κ2) is 8.37. The first-order valence-electron chi connectivity index (χ1n) is 8.84. The van der Waals surface area contributed by atoms with Crippen LogP contribution >= 0.6 is 0 Å². The Morgan fingerprint density at radius 1 is 1.04 bits per heavy atom. The molecule has 0 saturated heterocycles. The van der Waals surface area contributed by atoms with Crippen molar-refractivity contribution in [2.45, 2.75) is 24.7 Å². The fourth-order valence-electron chi connectivity index (χ4n) is 2.86. The van der Waals surface area contributed by atoms with E-state index in [0.717, 1.165) is 22.0 Å². The zero-order valence-electron chi connectivity index (χ0n) is 15.2.